The molecule has 2 heterocycles. The number of aromatic nitrogens is 1. The number of nitrogens with zero attached hydrogens (tertiary/aromatic N) is 1. The van der Waals surface area contributed by atoms with Gasteiger partial charge in [0.15, 0.2) is 0 Å². The van der Waals surface area contributed by atoms with Crippen LogP contribution in [0.2, 0.25) is 0 Å². The second-order valence-corrected chi connectivity index (χ2v) is 7.81. The number of likely N-dealkylation sites (N-methyl/N-ethyl adjacent to an activating group) is 1. The number of pyridine rings is 1. The van der Waals surface area contributed by atoms with E-state index in [2.05, 4.69) is 26.3 Å². The van der Waals surface area contributed by atoms with Crippen LogP contribution in [0.5, 0.6) is 0 Å². The van der Waals surface area contributed by atoms with Gasteiger partial charge in [-0.3, -0.25) is 10.2 Å². The molecule has 180 valence electrons. The van der Waals surface area contributed by atoms with Gasteiger partial charge in [0.05, 0.1) is 17.0 Å². The normalized spacial score (nSPS) is 15.3. The SMILES string of the molecule is CNC(=O)/C(C=N)=C1C=C(/C(=C/C(=N)NC(C)c2ccc(F)cc2)Nc2cccc(C)n2)C=CN\1. The molecule has 1 aromatic heterocycles. The molecule has 1 amide bonds. The lowest BCUT2D eigenvalue weighted by atomic mass is 10.0. The number of hydrogen-bond donors (Lipinski definition) is 6. The Morgan fingerprint density at radius 2 is 1.94 bits per heavy atom. The van der Waals surface area contributed by atoms with Crippen molar-refractivity contribution >= 4 is 23.8 Å². The number of carbonyl (C=O) groups is 1. The van der Waals surface area contributed by atoms with Crippen molar-refractivity contribution < 1.29 is 9.18 Å². The Balaban J connectivity index is 1.96. The molecule has 1 aliphatic rings. The van der Waals surface area contributed by atoms with Crippen molar-refractivity contribution in [3.63, 3.8) is 0 Å². The Morgan fingerprint density at radius 1 is 1.20 bits per heavy atom. The van der Waals surface area contributed by atoms with Gasteiger partial charge in [-0.1, -0.05) is 18.2 Å². The van der Waals surface area contributed by atoms with Gasteiger partial charge in [0, 0.05) is 42.8 Å². The summed E-state index contributed by atoms with van der Waals surface area (Å²) < 4.78 is 13.3. The first-order chi connectivity index (χ1) is 16.8. The molecule has 0 saturated carbocycles. The highest BCUT2D eigenvalue weighted by atomic mass is 19.1. The van der Waals surface area contributed by atoms with E-state index in [1.807, 2.05) is 32.0 Å². The Kier molecular flexibility index (Phi) is 8.29. The first-order valence-corrected chi connectivity index (χ1v) is 11.0. The van der Waals surface area contributed by atoms with Crippen LogP contribution in [0.1, 0.15) is 24.2 Å². The topological polar surface area (TPSA) is 126 Å². The van der Waals surface area contributed by atoms with Crippen LogP contribution >= 0.6 is 0 Å². The number of aryl methyl sites for hydroxylation is 1. The highest BCUT2D eigenvalue weighted by molar-refractivity contribution is 6.12. The molecule has 9 heteroatoms. The molecule has 8 nitrogen and oxygen atoms in total. The van der Waals surface area contributed by atoms with Gasteiger partial charge in [-0.15, -0.1) is 0 Å². The fraction of sp³-hybridized carbons (Fsp3) is 0.154. The lowest BCUT2D eigenvalue weighted by molar-refractivity contribution is -0.116. The third-order valence-corrected chi connectivity index (χ3v) is 5.20. The van der Waals surface area contributed by atoms with E-state index in [1.165, 1.54) is 19.2 Å². The molecular weight excluding hydrogens is 445 g/mol. The molecule has 0 aliphatic carbocycles. The molecule has 35 heavy (non-hydrogen) atoms. The van der Waals surface area contributed by atoms with Crippen LogP contribution in [0, 0.1) is 23.6 Å². The average Bonchev–Trinajstić information content (AvgIpc) is 2.84. The maximum absolute atomic E-state index is 13.3. The molecule has 6 N–H and O–H groups in total. The van der Waals surface area contributed by atoms with Crippen molar-refractivity contribution in [2.75, 3.05) is 12.4 Å². The smallest absolute Gasteiger partial charge is 0.254 e. The molecule has 1 aliphatic heterocycles. The summed E-state index contributed by atoms with van der Waals surface area (Å²) in [5, 5.41) is 28.1. The maximum Gasteiger partial charge on any atom is 0.254 e. The van der Waals surface area contributed by atoms with Crippen LogP contribution in [0.25, 0.3) is 0 Å². The number of nitrogens with one attached hydrogen (secondary N) is 6. The summed E-state index contributed by atoms with van der Waals surface area (Å²) in [4.78, 5) is 16.7. The van der Waals surface area contributed by atoms with Gasteiger partial charge < -0.3 is 26.7 Å². The lowest BCUT2D eigenvalue weighted by Crippen LogP contribution is -2.26. The fourth-order valence-electron chi connectivity index (χ4n) is 3.39. The zero-order valence-corrected chi connectivity index (χ0v) is 19.7. The minimum absolute atomic E-state index is 0.119. The molecular formula is C26H28FN7O. The number of amidine groups is 1. The predicted molar refractivity (Wildman–Crippen MR) is 137 cm³/mol. The molecule has 1 unspecified atom stereocenters. The lowest BCUT2D eigenvalue weighted by Gasteiger charge is -2.19. The summed E-state index contributed by atoms with van der Waals surface area (Å²) in [6.07, 6.45) is 7.78. The van der Waals surface area contributed by atoms with E-state index >= 15 is 0 Å². The van der Waals surface area contributed by atoms with Crippen LogP contribution in [0.3, 0.4) is 0 Å². The van der Waals surface area contributed by atoms with Crippen molar-refractivity contribution in [1.82, 2.24) is 20.9 Å². The van der Waals surface area contributed by atoms with Crippen molar-refractivity contribution in [2.24, 2.45) is 0 Å². The molecule has 3 rings (SSSR count). The number of dihydropyridines is 1. The standard InChI is InChI=1S/C26H28FN7O/c1-16-5-4-6-25(32-16)34-22(14-24(29)33-17(2)18-7-9-20(27)10-8-18)19-11-12-31-23(13-19)21(15-28)26(35)30-3/h4-15,17,28,31H,1-3H3,(H2,29,33)(H,30,35)(H,32,34)/b22-14-,23-21+,28-15?. The van der Waals surface area contributed by atoms with Gasteiger partial charge >= 0.3 is 0 Å². The summed E-state index contributed by atoms with van der Waals surface area (Å²) in [7, 11) is 1.50. The summed E-state index contributed by atoms with van der Waals surface area (Å²) in [6.45, 7) is 3.77. The zero-order valence-electron chi connectivity index (χ0n) is 19.7. The van der Waals surface area contributed by atoms with E-state index in [-0.39, 0.29) is 23.3 Å². The fourth-order valence-corrected chi connectivity index (χ4v) is 3.39. The Labute approximate surface area is 203 Å². The molecule has 0 saturated heterocycles. The molecule has 0 radical (unpaired) electrons. The monoisotopic (exact) mass is 473 g/mol. The number of halogens is 1. The van der Waals surface area contributed by atoms with E-state index in [0.29, 0.717) is 22.8 Å². The van der Waals surface area contributed by atoms with Gasteiger partial charge in [-0.25, -0.2) is 9.37 Å². The summed E-state index contributed by atoms with van der Waals surface area (Å²) in [6, 6.07) is 11.5. The quantitative estimate of drug-likeness (QED) is 0.197. The number of carbonyl (C=O) groups excluding carboxylic acids is 1. The van der Waals surface area contributed by atoms with Crippen LogP contribution in [0.15, 0.2) is 89.4 Å². The first kappa shape index (κ1) is 25.1. The number of anilines is 1. The minimum Gasteiger partial charge on any atom is -0.364 e. The van der Waals surface area contributed by atoms with Gasteiger partial charge in [-0.2, -0.15) is 0 Å². The van der Waals surface area contributed by atoms with E-state index in [9.17, 15) is 9.18 Å². The van der Waals surface area contributed by atoms with Gasteiger partial charge in [0.2, 0.25) is 0 Å². The average molecular weight is 474 g/mol. The van der Waals surface area contributed by atoms with E-state index in [0.717, 1.165) is 17.5 Å². The number of amides is 1. The number of rotatable bonds is 8. The summed E-state index contributed by atoms with van der Waals surface area (Å²) >= 11 is 0. The Bertz CT molecular complexity index is 1240. The summed E-state index contributed by atoms with van der Waals surface area (Å²) in [5.41, 5.74) is 3.51. The third-order valence-electron chi connectivity index (χ3n) is 5.20. The van der Waals surface area contributed by atoms with Crippen LogP contribution in [-0.4, -0.2) is 30.0 Å². The Morgan fingerprint density at radius 3 is 2.60 bits per heavy atom. The van der Waals surface area contributed by atoms with E-state index < -0.39 is 5.91 Å². The molecule has 0 fully saturated rings. The van der Waals surface area contributed by atoms with Gasteiger partial charge in [0.25, 0.3) is 5.91 Å². The first-order valence-electron chi connectivity index (χ1n) is 11.0. The van der Waals surface area contributed by atoms with Crippen LogP contribution in [0.4, 0.5) is 10.2 Å². The van der Waals surface area contributed by atoms with E-state index in [4.69, 9.17) is 10.8 Å². The highest BCUT2D eigenvalue weighted by Crippen LogP contribution is 2.21. The third kappa shape index (κ3) is 6.73. The predicted octanol–water partition coefficient (Wildman–Crippen LogP) is 3.85. The molecule has 1 aromatic carbocycles. The zero-order chi connectivity index (χ0) is 25.4. The van der Waals surface area contributed by atoms with Crippen LogP contribution < -0.4 is 21.3 Å². The van der Waals surface area contributed by atoms with Crippen molar-refractivity contribution in [1.29, 1.82) is 10.8 Å². The van der Waals surface area contributed by atoms with E-state index in [1.54, 1.807) is 36.6 Å². The maximum atomic E-state index is 13.3. The number of benzene rings is 1. The Hall–Kier alpha value is -4.53. The van der Waals surface area contributed by atoms with Crippen molar-refractivity contribution in [3.05, 3.63) is 107 Å². The highest BCUT2D eigenvalue weighted by Gasteiger charge is 2.16. The largest absolute Gasteiger partial charge is 0.364 e. The van der Waals surface area contributed by atoms with Gasteiger partial charge in [0.1, 0.15) is 17.5 Å². The molecule has 0 bridgehead atoms. The van der Waals surface area contributed by atoms with Crippen molar-refractivity contribution in [3.8, 4) is 0 Å². The minimum atomic E-state index is -0.394. The molecule has 2 aromatic rings. The van der Waals surface area contributed by atoms with Crippen molar-refractivity contribution in [2.45, 2.75) is 19.9 Å². The number of hydrogen-bond acceptors (Lipinski definition) is 6. The van der Waals surface area contributed by atoms with Crippen LogP contribution in [-0.2, 0) is 4.79 Å². The molecule has 0 spiro atoms. The second kappa shape index (κ2) is 11.6. The molecule has 1 atom stereocenters. The number of allylic oxidation sites excluding steroid dienone is 2. The van der Waals surface area contributed by atoms with Gasteiger partial charge in [-0.05, 0) is 55.8 Å². The second-order valence-electron chi connectivity index (χ2n) is 7.81. The summed E-state index contributed by atoms with van der Waals surface area (Å²) in [5.74, 6) is -0.00105.